The van der Waals surface area contributed by atoms with E-state index < -0.39 is 24.2 Å². The van der Waals surface area contributed by atoms with Gasteiger partial charge < -0.3 is 19.5 Å². The number of nitrogens with zero attached hydrogens (tertiary/aromatic N) is 3. The van der Waals surface area contributed by atoms with Crippen LogP contribution in [-0.4, -0.2) is 54.0 Å². The summed E-state index contributed by atoms with van der Waals surface area (Å²) in [6.45, 7) is 1.45. The lowest BCUT2D eigenvalue weighted by atomic mass is 9.93. The molecule has 0 saturated carbocycles. The molecule has 1 N–H and O–H groups in total. The van der Waals surface area contributed by atoms with Gasteiger partial charge in [-0.2, -0.15) is 18.3 Å². The lowest BCUT2D eigenvalue weighted by molar-refractivity contribution is -0.275. The number of morpholine rings is 1. The maximum absolute atomic E-state index is 14.2. The van der Waals surface area contributed by atoms with Crippen molar-refractivity contribution < 1.29 is 32.1 Å². The zero-order valence-electron chi connectivity index (χ0n) is 19.1. The summed E-state index contributed by atoms with van der Waals surface area (Å²) in [6, 6.07) is 16.2. The Balaban J connectivity index is 1.42. The van der Waals surface area contributed by atoms with Gasteiger partial charge in [0, 0.05) is 30.2 Å². The van der Waals surface area contributed by atoms with Crippen molar-refractivity contribution in [2.45, 2.75) is 11.8 Å². The molecule has 1 atom stereocenters. The van der Waals surface area contributed by atoms with Gasteiger partial charge in [0.05, 0.1) is 30.6 Å². The monoisotopic (exact) mass is 501 g/mol. The van der Waals surface area contributed by atoms with Crippen LogP contribution in [-0.2, 0) is 10.3 Å². The normalized spacial score (nSPS) is 16.2. The fourth-order valence-corrected chi connectivity index (χ4v) is 4.19. The van der Waals surface area contributed by atoms with Gasteiger partial charge in [0.1, 0.15) is 18.2 Å². The number of ether oxygens (including phenoxy) is 2. The zero-order chi connectivity index (χ0) is 25.3. The Bertz CT molecular complexity index is 1350. The van der Waals surface area contributed by atoms with E-state index in [-0.39, 0.29) is 11.3 Å². The number of hydrogen-bond donors (Lipinski definition) is 1. The second-order valence-corrected chi connectivity index (χ2v) is 8.55. The summed E-state index contributed by atoms with van der Waals surface area (Å²) in [5.41, 5.74) is -1.76. The highest BCUT2D eigenvalue weighted by atomic mass is 19.4. The first kappa shape index (κ1) is 24.1. The number of fused-ring (bicyclic) bond motifs is 1. The average Bonchev–Trinajstić information content (AvgIpc) is 3.31. The molecular weight excluding hydrogens is 478 g/mol. The van der Waals surface area contributed by atoms with E-state index in [1.165, 1.54) is 53.3 Å². The molecular formula is C26H23F4N3O3. The lowest BCUT2D eigenvalue weighted by Gasteiger charge is -2.31. The topological polar surface area (TPSA) is 59.8 Å². The zero-order valence-corrected chi connectivity index (χ0v) is 19.1. The smallest absolute Gasteiger partial charge is 0.424 e. The largest absolute Gasteiger partial charge is 0.490 e. The molecule has 0 radical (unpaired) electrons. The Morgan fingerprint density at radius 3 is 2.42 bits per heavy atom. The molecule has 188 valence electrons. The molecule has 0 bridgehead atoms. The number of halogens is 4. The highest BCUT2D eigenvalue weighted by Crippen LogP contribution is 2.40. The molecule has 4 aromatic rings. The number of rotatable bonds is 6. The Labute approximate surface area is 204 Å². The van der Waals surface area contributed by atoms with Crippen LogP contribution in [0.15, 0.2) is 72.9 Å². The predicted octanol–water partition coefficient (Wildman–Crippen LogP) is 4.83. The first-order chi connectivity index (χ1) is 17.2. The van der Waals surface area contributed by atoms with E-state index in [9.17, 15) is 22.7 Å². The molecule has 1 unspecified atom stereocenters. The molecule has 1 fully saturated rings. The van der Waals surface area contributed by atoms with Gasteiger partial charge in [0.2, 0.25) is 5.60 Å². The summed E-state index contributed by atoms with van der Waals surface area (Å²) in [6.07, 6.45) is -3.61. The summed E-state index contributed by atoms with van der Waals surface area (Å²) >= 11 is 0. The summed E-state index contributed by atoms with van der Waals surface area (Å²) in [5.74, 6) is -0.199. The minimum Gasteiger partial charge on any atom is -0.490 e. The quantitative estimate of drug-likeness (QED) is 0.384. The molecule has 36 heavy (non-hydrogen) atoms. The maximum atomic E-state index is 14.2. The molecule has 0 spiro atoms. The third-order valence-corrected chi connectivity index (χ3v) is 6.23. The average molecular weight is 501 g/mol. The van der Waals surface area contributed by atoms with Gasteiger partial charge in [-0.1, -0.05) is 12.1 Å². The van der Waals surface area contributed by atoms with Crippen LogP contribution in [0.25, 0.3) is 16.6 Å². The molecule has 1 aliphatic heterocycles. The number of aliphatic hydroxyl groups is 1. The Morgan fingerprint density at radius 2 is 1.69 bits per heavy atom. The van der Waals surface area contributed by atoms with Crippen molar-refractivity contribution in [1.29, 1.82) is 0 Å². The number of anilines is 1. The second-order valence-electron chi connectivity index (χ2n) is 8.55. The SMILES string of the molecule is OC(COc1cccc(N2CCOCC2)c1)(c1ccc2c(cnn2-c2ccc(F)cc2)c1)C(F)(F)F. The van der Waals surface area contributed by atoms with Gasteiger partial charge >= 0.3 is 6.18 Å². The summed E-state index contributed by atoms with van der Waals surface area (Å²) in [5, 5.41) is 15.5. The van der Waals surface area contributed by atoms with Crippen LogP contribution in [0.4, 0.5) is 23.2 Å². The molecule has 6 nitrogen and oxygen atoms in total. The first-order valence-corrected chi connectivity index (χ1v) is 11.3. The van der Waals surface area contributed by atoms with Crippen LogP contribution in [0.1, 0.15) is 5.56 Å². The van der Waals surface area contributed by atoms with Crippen LogP contribution in [0.3, 0.4) is 0 Å². The van der Waals surface area contributed by atoms with Crippen LogP contribution < -0.4 is 9.64 Å². The molecule has 10 heteroatoms. The van der Waals surface area contributed by atoms with Crippen molar-refractivity contribution in [3.8, 4) is 11.4 Å². The van der Waals surface area contributed by atoms with Crippen molar-refractivity contribution in [3.63, 3.8) is 0 Å². The third-order valence-electron chi connectivity index (χ3n) is 6.23. The van der Waals surface area contributed by atoms with Crippen molar-refractivity contribution in [3.05, 3.63) is 84.3 Å². The molecule has 3 aromatic carbocycles. The van der Waals surface area contributed by atoms with Crippen molar-refractivity contribution in [2.24, 2.45) is 0 Å². The molecule has 1 aliphatic rings. The molecule has 0 aliphatic carbocycles. The summed E-state index contributed by atoms with van der Waals surface area (Å²) in [7, 11) is 0. The van der Waals surface area contributed by atoms with Crippen molar-refractivity contribution in [1.82, 2.24) is 9.78 Å². The number of aromatic nitrogens is 2. The molecule has 2 heterocycles. The Hall–Kier alpha value is -3.63. The van der Waals surface area contributed by atoms with Gasteiger partial charge in [-0.25, -0.2) is 9.07 Å². The van der Waals surface area contributed by atoms with E-state index in [1.807, 2.05) is 6.07 Å². The highest BCUT2D eigenvalue weighted by molar-refractivity contribution is 5.81. The standard InChI is InChI=1S/C26H23F4N3O3/c27-20-5-7-21(8-6-20)33-24-9-4-19(14-18(24)16-31-33)25(34,26(28,29)30)17-36-23-3-1-2-22(15-23)32-10-12-35-13-11-32/h1-9,14-16,34H,10-13,17H2. The van der Waals surface area contributed by atoms with E-state index in [1.54, 1.807) is 18.2 Å². The summed E-state index contributed by atoms with van der Waals surface area (Å²) in [4.78, 5) is 2.05. The van der Waals surface area contributed by atoms with E-state index >= 15 is 0 Å². The van der Waals surface area contributed by atoms with Crippen molar-refractivity contribution in [2.75, 3.05) is 37.8 Å². The van der Waals surface area contributed by atoms with Gasteiger partial charge in [-0.3, -0.25) is 0 Å². The second kappa shape index (κ2) is 9.44. The van der Waals surface area contributed by atoms with E-state index in [4.69, 9.17) is 9.47 Å². The molecule has 1 aromatic heterocycles. The van der Waals surface area contributed by atoms with E-state index in [2.05, 4.69) is 10.00 Å². The highest BCUT2D eigenvalue weighted by Gasteiger charge is 2.56. The maximum Gasteiger partial charge on any atom is 0.424 e. The Morgan fingerprint density at radius 1 is 0.944 bits per heavy atom. The first-order valence-electron chi connectivity index (χ1n) is 11.3. The van der Waals surface area contributed by atoms with Gasteiger partial charge in [-0.15, -0.1) is 0 Å². The predicted molar refractivity (Wildman–Crippen MR) is 126 cm³/mol. The van der Waals surface area contributed by atoms with Crippen LogP contribution >= 0.6 is 0 Å². The molecule has 5 rings (SSSR count). The third kappa shape index (κ3) is 4.61. The molecule has 1 saturated heterocycles. The van der Waals surface area contributed by atoms with Crippen molar-refractivity contribution >= 4 is 16.6 Å². The number of alkyl halides is 3. The van der Waals surface area contributed by atoms with Crippen LogP contribution in [0, 0.1) is 5.82 Å². The van der Waals surface area contributed by atoms with E-state index in [0.29, 0.717) is 42.9 Å². The van der Waals surface area contributed by atoms with Gasteiger partial charge in [0.25, 0.3) is 0 Å². The number of hydrogen-bond acceptors (Lipinski definition) is 5. The lowest BCUT2D eigenvalue weighted by Crippen LogP contribution is -2.47. The number of benzene rings is 3. The van der Waals surface area contributed by atoms with Crippen LogP contribution in [0.2, 0.25) is 0 Å². The van der Waals surface area contributed by atoms with Crippen LogP contribution in [0.5, 0.6) is 5.75 Å². The fourth-order valence-electron chi connectivity index (χ4n) is 4.19. The Kier molecular flexibility index (Phi) is 6.31. The van der Waals surface area contributed by atoms with Gasteiger partial charge in [0.15, 0.2) is 0 Å². The minimum atomic E-state index is -5.00. The fraction of sp³-hybridized carbons (Fsp3) is 0.269. The molecule has 0 amide bonds. The summed E-state index contributed by atoms with van der Waals surface area (Å²) < 4.78 is 68.1. The minimum absolute atomic E-state index is 0.215. The van der Waals surface area contributed by atoms with E-state index in [0.717, 1.165) is 5.69 Å². The van der Waals surface area contributed by atoms with Gasteiger partial charge in [-0.05, 0) is 54.1 Å².